The van der Waals surface area contributed by atoms with Crippen molar-refractivity contribution in [1.29, 1.82) is 0 Å². The second-order valence-electron chi connectivity index (χ2n) is 5.81. The van der Waals surface area contributed by atoms with Gasteiger partial charge in [-0.3, -0.25) is 4.79 Å². The minimum absolute atomic E-state index is 0.214. The van der Waals surface area contributed by atoms with E-state index >= 15 is 0 Å². The van der Waals surface area contributed by atoms with Crippen LogP contribution in [0.1, 0.15) is 38.7 Å². The van der Waals surface area contributed by atoms with Gasteiger partial charge in [-0.2, -0.15) is 0 Å². The molecule has 1 atom stereocenters. The number of carbonyl (C=O) groups excluding carboxylic acids is 1. The zero-order valence-corrected chi connectivity index (χ0v) is 13.5. The zero-order valence-electron chi connectivity index (χ0n) is 13.5. The predicted octanol–water partition coefficient (Wildman–Crippen LogP) is 2.77. The van der Waals surface area contributed by atoms with Crippen molar-refractivity contribution in [1.82, 2.24) is 5.32 Å². The highest BCUT2D eigenvalue weighted by Gasteiger charge is 2.20. The highest BCUT2D eigenvalue weighted by molar-refractivity contribution is 5.83. The van der Waals surface area contributed by atoms with E-state index in [9.17, 15) is 9.59 Å². The summed E-state index contributed by atoms with van der Waals surface area (Å²) in [5, 5.41) is 11.6. The van der Waals surface area contributed by atoms with Gasteiger partial charge >= 0.3 is 5.97 Å². The summed E-state index contributed by atoms with van der Waals surface area (Å²) in [5.74, 6) is -0.212. The van der Waals surface area contributed by atoms with Gasteiger partial charge in [0, 0.05) is 6.42 Å². The smallest absolute Gasteiger partial charge is 0.326 e. The van der Waals surface area contributed by atoms with Gasteiger partial charge in [-0.25, -0.2) is 4.79 Å². The zero-order chi connectivity index (χ0) is 16.5. The topological polar surface area (TPSA) is 75.6 Å². The number of benzene rings is 1. The largest absolute Gasteiger partial charge is 0.493 e. The van der Waals surface area contributed by atoms with Gasteiger partial charge in [0.1, 0.15) is 11.8 Å². The Morgan fingerprint density at radius 1 is 1.27 bits per heavy atom. The molecule has 1 aromatic rings. The van der Waals surface area contributed by atoms with Crippen LogP contribution in [0.4, 0.5) is 0 Å². The van der Waals surface area contributed by atoms with E-state index in [1.165, 1.54) is 0 Å². The first-order valence-electron chi connectivity index (χ1n) is 7.60. The fraction of sp³-hybridized carbons (Fsp3) is 0.529. The van der Waals surface area contributed by atoms with Crippen molar-refractivity contribution in [2.45, 2.75) is 46.1 Å². The number of hydrogen-bond acceptors (Lipinski definition) is 3. The maximum Gasteiger partial charge on any atom is 0.326 e. The molecular weight excluding hydrogens is 282 g/mol. The lowest BCUT2D eigenvalue weighted by atomic mass is 10.0. The molecule has 0 spiro atoms. The molecule has 22 heavy (non-hydrogen) atoms. The Bertz CT molecular complexity index is 499. The highest BCUT2D eigenvalue weighted by Crippen LogP contribution is 2.16. The summed E-state index contributed by atoms with van der Waals surface area (Å²) in [6, 6.07) is 6.88. The van der Waals surface area contributed by atoms with Crippen molar-refractivity contribution in [3.63, 3.8) is 0 Å². The molecule has 0 saturated carbocycles. The maximum atomic E-state index is 11.8. The van der Waals surface area contributed by atoms with Crippen LogP contribution in [0.2, 0.25) is 0 Å². The first-order valence-corrected chi connectivity index (χ1v) is 7.60. The predicted molar refractivity (Wildman–Crippen MR) is 84.9 cm³/mol. The molecule has 0 radical (unpaired) electrons. The van der Waals surface area contributed by atoms with Crippen LogP contribution in [-0.4, -0.2) is 29.6 Å². The molecule has 0 aromatic heterocycles. The standard InChI is InChI=1S/C17H25NO4/c1-12(2)11-14(17(20)21)18-16(19)9-6-10-22-15-8-5-4-7-13(15)3/h4-5,7-8,12,14H,6,9-11H2,1-3H3,(H,18,19)(H,20,21)/t14-/m0/s1. The van der Waals surface area contributed by atoms with E-state index in [1.54, 1.807) is 0 Å². The van der Waals surface area contributed by atoms with Crippen LogP contribution >= 0.6 is 0 Å². The van der Waals surface area contributed by atoms with Crippen molar-refractivity contribution in [2.24, 2.45) is 5.92 Å². The molecular formula is C17H25NO4. The number of para-hydroxylation sites is 1. The molecule has 122 valence electrons. The second-order valence-corrected chi connectivity index (χ2v) is 5.81. The van der Waals surface area contributed by atoms with Crippen molar-refractivity contribution in [3.8, 4) is 5.75 Å². The molecule has 0 aliphatic rings. The molecule has 5 heteroatoms. The number of carboxylic acids is 1. The van der Waals surface area contributed by atoms with Gasteiger partial charge < -0.3 is 15.2 Å². The molecule has 0 aliphatic carbocycles. The van der Waals surface area contributed by atoms with E-state index < -0.39 is 12.0 Å². The second kappa shape index (κ2) is 9.07. The van der Waals surface area contributed by atoms with E-state index in [1.807, 2.05) is 45.0 Å². The van der Waals surface area contributed by atoms with E-state index in [-0.39, 0.29) is 18.2 Å². The third-order valence-electron chi connectivity index (χ3n) is 3.24. The minimum atomic E-state index is -0.988. The lowest BCUT2D eigenvalue weighted by Crippen LogP contribution is -2.41. The van der Waals surface area contributed by atoms with Crippen molar-refractivity contribution >= 4 is 11.9 Å². The summed E-state index contributed by atoms with van der Waals surface area (Å²) in [6.45, 7) is 6.25. The number of aliphatic carboxylic acids is 1. The van der Waals surface area contributed by atoms with Crippen LogP contribution < -0.4 is 10.1 Å². The average Bonchev–Trinajstić information content (AvgIpc) is 2.44. The summed E-state index contributed by atoms with van der Waals surface area (Å²) in [6.07, 6.45) is 1.24. The molecule has 0 saturated heterocycles. The number of hydrogen-bond donors (Lipinski definition) is 2. The van der Waals surface area contributed by atoms with E-state index in [4.69, 9.17) is 9.84 Å². The number of carboxylic acid groups (broad SMARTS) is 1. The van der Waals surface area contributed by atoms with Gasteiger partial charge in [0.25, 0.3) is 0 Å². The highest BCUT2D eigenvalue weighted by atomic mass is 16.5. The molecule has 0 heterocycles. The molecule has 1 rings (SSSR count). The maximum absolute atomic E-state index is 11.8. The summed E-state index contributed by atoms with van der Waals surface area (Å²) in [4.78, 5) is 22.9. The van der Waals surface area contributed by atoms with Gasteiger partial charge in [0.05, 0.1) is 6.61 Å². The summed E-state index contributed by atoms with van der Waals surface area (Å²) < 4.78 is 5.61. The third kappa shape index (κ3) is 6.61. The quantitative estimate of drug-likeness (QED) is 0.688. The lowest BCUT2D eigenvalue weighted by Gasteiger charge is -2.16. The number of aryl methyl sites for hydroxylation is 1. The van der Waals surface area contributed by atoms with Crippen molar-refractivity contribution < 1.29 is 19.4 Å². The van der Waals surface area contributed by atoms with E-state index in [0.717, 1.165) is 11.3 Å². The Balaban J connectivity index is 2.30. The van der Waals surface area contributed by atoms with Crippen LogP contribution in [0.3, 0.4) is 0 Å². The van der Waals surface area contributed by atoms with Crippen LogP contribution in [0.5, 0.6) is 5.75 Å². The van der Waals surface area contributed by atoms with E-state index in [0.29, 0.717) is 19.4 Å². The Labute approximate surface area is 131 Å². The molecule has 0 unspecified atom stereocenters. The molecule has 5 nitrogen and oxygen atoms in total. The number of rotatable bonds is 9. The Kier molecular flexibility index (Phi) is 7.43. The third-order valence-corrected chi connectivity index (χ3v) is 3.24. The average molecular weight is 307 g/mol. The fourth-order valence-electron chi connectivity index (χ4n) is 2.09. The minimum Gasteiger partial charge on any atom is -0.493 e. The Morgan fingerprint density at radius 2 is 1.95 bits per heavy atom. The van der Waals surface area contributed by atoms with Gasteiger partial charge in [0.2, 0.25) is 5.91 Å². The fourth-order valence-corrected chi connectivity index (χ4v) is 2.09. The van der Waals surface area contributed by atoms with Gasteiger partial charge in [-0.1, -0.05) is 32.0 Å². The molecule has 0 bridgehead atoms. The van der Waals surface area contributed by atoms with Crippen LogP contribution in [0.15, 0.2) is 24.3 Å². The molecule has 1 aromatic carbocycles. The normalized spacial score (nSPS) is 12.0. The molecule has 1 amide bonds. The number of carbonyl (C=O) groups is 2. The summed E-state index contributed by atoms with van der Waals surface area (Å²) in [7, 11) is 0. The van der Waals surface area contributed by atoms with Gasteiger partial charge in [0.15, 0.2) is 0 Å². The molecule has 0 aliphatic heterocycles. The van der Waals surface area contributed by atoms with E-state index in [2.05, 4.69) is 5.32 Å². The van der Waals surface area contributed by atoms with Crippen LogP contribution in [-0.2, 0) is 9.59 Å². The summed E-state index contributed by atoms with van der Waals surface area (Å²) in [5.41, 5.74) is 1.05. The van der Waals surface area contributed by atoms with Crippen LogP contribution in [0.25, 0.3) is 0 Å². The van der Waals surface area contributed by atoms with Crippen molar-refractivity contribution in [3.05, 3.63) is 29.8 Å². The first kappa shape index (κ1) is 18.0. The van der Waals surface area contributed by atoms with Crippen LogP contribution in [0, 0.1) is 12.8 Å². The van der Waals surface area contributed by atoms with Crippen molar-refractivity contribution in [2.75, 3.05) is 6.61 Å². The first-order chi connectivity index (χ1) is 10.4. The number of nitrogens with one attached hydrogen (secondary N) is 1. The SMILES string of the molecule is Cc1ccccc1OCCCC(=O)N[C@@H](CC(C)C)C(=O)O. The Morgan fingerprint density at radius 3 is 2.55 bits per heavy atom. The molecule has 2 N–H and O–H groups in total. The number of ether oxygens (including phenoxy) is 1. The van der Waals surface area contributed by atoms with Gasteiger partial charge in [-0.15, -0.1) is 0 Å². The monoisotopic (exact) mass is 307 g/mol. The Hall–Kier alpha value is -2.04. The number of amides is 1. The molecule has 0 fully saturated rings. The summed E-state index contributed by atoms with van der Waals surface area (Å²) >= 11 is 0. The van der Waals surface area contributed by atoms with Gasteiger partial charge in [-0.05, 0) is 37.3 Å². The lowest BCUT2D eigenvalue weighted by molar-refractivity contribution is -0.142.